The van der Waals surface area contributed by atoms with Crippen molar-refractivity contribution in [2.75, 3.05) is 0 Å². The Balaban J connectivity index is 2.57. The monoisotopic (exact) mass is 191 g/mol. The molecule has 2 rings (SSSR count). The number of hydrogen-bond acceptors (Lipinski definition) is 1. The second kappa shape index (κ2) is 3.30. The van der Waals surface area contributed by atoms with Crippen molar-refractivity contribution < 1.29 is 4.39 Å². The summed E-state index contributed by atoms with van der Waals surface area (Å²) in [6.45, 7) is 3.86. The molecule has 0 N–H and O–H groups in total. The van der Waals surface area contributed by atoms with Crippen LogP contribution in [0.1, 0.15) is 5.56 Å². The van der Waals surface area contributed by atoms with Crippen LogP contribution in [-0.4, -0.2) is 0 Å². The van der Waals surface area contributed by atoms with Crippen LogP contribution in [0.4, 0.5) is 4.39 Å². The van der Waals surface area contributed by atoms with Crippen molar-refractivity contribution in [1.29, 1.82) is 0 Å². The van der Waals surface area contributed by atoms with Gasteiger partial charge in [0.05, 0.1) is 0 Å². The quantitative estimate of drug-likeness (QED) is 0.644. The molecule has 1 aromatic heterocycles. The summed E-state index contributed by atoms with van der Waals surface area (Å²) in [7, 11) is 0. The Morgan fingerprint density at radius 2 is 2.08 bits per heavy atom. The van der Waals surface area contributed by atoms with Gasteiger partial charge in [0.1, 0.15) is 5.82 Å². The molecule has 2 aromatic rings. The van der Waals surface area contributed by atoms with Gasteiger partial charge in [-0.2, -0.15) is 0 Å². The summed E-state index contributed by atoms with van der Waals surface area (Å²) in [6, 6.07) is 8.57. The van der Waals surface area contributed by atoms with Gasteiger partial charge < -0.3 is 0 Å². The van der Waals surface area contributed by atoms with Crippen molar-refractivity contribution in [3.63, 3.8) is 0 Å². The molecule has 0 spiro atoms. The maximum absolute atomic E-state index is 12.9. The van der Waals surface area contributed by atoms with E-state index in [1.54, 1.807) is 17.4 Å². The molecule has 0 amide bonds. The van der Waals surface area contributed by atoms with Crippen LogP contribution in [0.2, 0.25) is 0 Å². The summed E-state index contributed by atoms with van der Waals surface area (Å²) in [5, 5.41) is 1.97. The molecule has 0 saturated carbocycles. The van der Waals surface area contributed by atoms with Crippen molar-refractivity contribution >= 4 is 11.3 Å². The molecule has 1 heterocycles. The molecule has 2 heteroatoms. The van der Waals surface area contributed by atoms with Crippen LogP contribution in [0, 0.1) is 12.7 Å². The number of rotatable bonds is 1. The maximum atomic E-state index is 12.9. The minimum Gasteiger partial charge on any atom is -0.207 e. The van der Waals surface area contributed by atoms with E-state index in [0.717, 1.165) is 16.0 Å². The van der Waals surface area contributed by atoms with E-state index in [0.29, 0.717) is 0 Å². The summed E-state index contributed by atoms with van der Waals surface area (Å²) in [4.78, 5) is 1.06. The van der Waals surface area contributed by atoms with E-state index in [4.69, 9.17) is 0 Å². The van der Waals surface area contributed by atoms with E-state index in [1.165, 1.54) is 12.1 Å². The highest BCUT2D eigenvalue weighted by Crippen LogP contribution is 2.28. The third-order valence-electron chi connectivity index (χ3n) is 1.86. The maximum Gasteiger partial charge on any atom is 0.123 e. The van der Waals surface area contributed by atoms with Crippen LogP contribution in [0.25, 0.3) is 10.4 Å². The van der Waals surface area contributed by atoms with Crippen LogP contribution >= 0.6 is 11.3 Å². The Bertz CT molecular complexity index is 404. The Labute approximate surface area is 80.7 Å². The number of hydrogen-bond donors (Lipinski definition) is 0. The van der Waals surface area contributed by atoms with E-state index in [2.05, 4.69) is 6.92 Å². The molecule has 0 aliphatic heterocycles. The van der Waals surface area contributed by atoms with E-state index in [1.807, 2.05) is 17.5 Å². The molecule has 1 aromatic carbocycles. The number of halogens is 1. The lowest BCUT2D eigenvalue weighted by Crippen LogP contribution is -1.81. The second-order valence-corrected chi connectivity index (χ2v) is 3.73. The van der Waals surface area contributed by atoms with Gasteiger partial charge in [-0.15, -0.1) is 11.3 Å². The third-order valence-corrected chi connectivity index (χ3v) is 2.76. The van der Waals surface area contributed by atoms with Gasteiger partial charge in [0.2, 0.25) is 0 Å². The first-order valence-electron chi connectivity index (χ1n) is 3.93. The zero-order valence-corrected chi connectivity index (χ0v) is 7.77. The highest BCUT2D eigenvalue weighted by atomic mass is 32.1. The highest BCUT2D eigenvalue weighted by Gasteiger charge is 2.03. The second-order valence-electron chi connectivity index (χ2n) is 2.78. The highest BCUT2D eigenvalue weighted by molar-refractivity contribution is 7.13. The lowest BCUT2D eigenvalue weighted by Gasteiger charge is -2.01. The van der Waals surface area contributed by atoms with E-state index in [9.17, 15) is 4.39 Å². The van der Waals surface area contributed by atoms with Gasteiger partial charge in [0.25, 0.3) is 0 Å². The van der Waals surface area contributed by atoms with Crippen molar-refractivity contribution in [3.05, 3.63) is 54.0 Å². The average molecular weight is 191 g/mol. The summed E-state index contributed by atoms with van der Waals surface area (Å²) in [5.41, 5.74) is 1.75. The summed E-state index contributed by atoms with van der Waals surface area (Å²) < 4.78 is 12.9. The molecule has 0 fully saturated rings. The SMILES string of the molecule is [CH2]c1ccc(F)cc1-c1cccs1. The van der Waals surface area contributed by atoms with Gasteiger partial charge in [-0.3, -0.25) is 0 Å². The van der Waals surface area contributed by atoms with Gasteiger partial charge in [0, 0.05) is 4.88 Å². The van der Waals surface area contributed by atoms with Crippen LogP contribution < -0.4 is 0 Å². The summed E-state index contributed by atoms with van der Waals surface area (Å²) >= 11 is 1.59. The predicted octanol–water partition coefficient (Wildman–Crippen LogP) is 3.74. The number of benzene rings is 1. The molecule has 0 aliphatic rings. The first-order chi connectivity index (χ1) is 6.27. The first kappa shape index (κ1) is 8.45. The molecule has 0 unspecified atom stereocenters. The van der Waals surface area contributed by atoms with Crippen LogP contribution in [0.15, 0.2) is 35.7 Å². The van der Waals surface area contributed by atoms with Crippen molar-refractivity contribution in [1.82, 2.24) is 0 Å². The van der Waals surface area contributed by atoms with Crippen molar-refractivity contribution in [3.8, 4) is 10.4 Å². The molecule has 0 nitrogen and oxygen atoms in total. The molecular formula is C11H8FS. The van der Waals surface area contributed by atoms with Crippen LogP contribution in [0.5, 0.6) is 0 Å². The smallest absolute Gasteiger partial charge is 0.123 e. The molecular weight excluding hydrogens is 183 g/mol. The van der Waals surface area contributed by atoms with Crippen LogP contribution in [0.3, 0.4) is 0 Å². The van der Waals surface area contributed by atoms with E-state index >= 15 is 0 Å². The van der Waals surface area contributed by atoms with Gasteiger partial charge >= 0.3 is 0 Å². The van der Waals surface area contributed by atoms with Crippen molar-refractivity contribution in [2.24, 2.45) is 0 Å². The third kappa shape index (κ3) is 1.63. The fourth-order valence-corrected chi connectivity index (χ4v) is 1.99. The minimum absolute atomic E-state index is 0.212. The number of thiophene rings is 1. The lowest BCUT2D eigenvalue weighted by atomic mass is 10.1. The fraction of sp³-hybridized carbons (Fsp3) is 0. The van der Waals surface area contributed by atoms with Crippen molar-refractivity contribution in [2.45, 2.75) is 0 Å². The largest absolute Gasteiger partial charge is 0.207 e. The topological polar surface area (TPSA) is 0 Å². The average Bonchev–Trinajstić information content (AvgIpc) is 2.61. The normalized spacial score (nSPS) is 10.3. The van der Waals surface area contributed by atoms with Gasteiger partial charge in [0.15, 0.2) is 0 Å². The van der Waals surface area contributed by atoms with Gasteiger partial charge in [-0.25, -0.2) is 4.39 Å². The minimum atomic E-state index is -0.212. The van der Waals surface area contributed by atoms with E-state index in [-0.39, 0.29) is 5.82 Å². The first-order valence-corrected chi connectivity index (χ1v) is 4.81. The predicted molar refractivity (Wildman–Crippen MR) is 54.2 cm³/mol. The van der Waals surface area contributed by atoms with E-state index < -0.39 is 0 Å². The summed E-state index contributed by atoms with van der Waals surface area (Å²) in [6.07, 6.45) is 0. The summed E-state index contributed by atoms with van der Waals surface area (Å²) in [5.74, 6) is -0.212. The molecule has 1 radical (unpaired) electrons. The lowest BCUT2D eigenvalue weighted by molar-refractivity contribution is 0.628. The van der Waals surface area contributed by atoms with Crippen LogP contribution in [-0.2, 0) is 0 Å². The zero-order valence-electron chi connectivity index (χ0n) is 6.96. The molecule has 0 saturated heterocycles. The fourth-order valence-electron chi connectivity index (χ4n) is 1.21. The van der Waals surface area contributed by atoms with Gasteiger partial charge in [-0.1, -0.05) is 12.1 Å². The zero-order chi connectivity index (χ0) is 9.26. The molecule has 13 heavy (non-hydrogen) atoms. The Hall–Kier alpha value is -1.15. The standard InChI is InChI=1S/C11H8FS/c1-8-4-5-9(12)7-10(8)11-3-2-6-13-11/h2-7H,1H2. The molecule has 65 valence electrons. The Kier molecular flexibility index (Phi) is 2.15. The van der Waals surface area contributed by atoms with Gasteiger partial charge in [-0.05, 0) is 41.6 Å². The molecule has 0 atom stereocenters. The molecule has 0 bridgehead atoms. The Morgan fingerprint density at radius 1 is 1.23 bits per heavy atom. The Morgan fingerprint density at radius 3 is 2.77 bits per heavy atom. The molecule has 0 aliphatic carbocycles.